The highest BCUT2D eigenvalue weighted by molar-refractivity contribution is 7.72. The molecule has 0 spiro atoms. The molecule has 0 fully saturated rings. The lowest BCUT2D eigenvalue weighted by atomic mass is 10.1. The van der Waals surface area contributed by atoms with Gasteiger partial charge in [-0.05, 0) is 49.2 Å². The van der Waals surface area contributed by atoms with Crippen LogP contribution in [0.2, 0.25) is 0 Å². The van der Waals surface area contributed by atoms with Crippen LogP contribution < -0.4 is 21.2 Å². The van der Waals surface area contributed by atoms with Gasteiger partial charge in [0.05, 0.1) is 0 Å². The number of rotatable bonds is 8. The Balaban J connectivity index is 1.47. The summed E-state index contributed by atoms with van der Waals surface area (Å²) >= 11 is 0. The van der Waals surface area contributed by atoms with Gasteiger partial charge in [0.15, 0.2) is 0 Å². The van der Waals surface area contributed by atoms with Gasteiger partial charge in [0, 0.05) is 23.5 Å². The highest BCUT2D eigenvalue weighted by atomic mass is 31.1. The summed E-state index contributed by atoms with van der Waals surface area (Å²) in [5.41, 5.74) is 1.55. The molecule has 2 N–H and O–H groups in total. The fourth-order valence-corrected chi connectivity index (χ4v) is 8.99. The number of phenolic OH excluding ortho intramolecular Hbond substituents is 2. The molecule has 2 nitrogen and oxygen atoms in total. The van der Waals surface area contributed by atoms with Gasteiger partial charge in [-0.1, -0.05) is 121 Å². The zero-order valence-corrected chi connectivity index (χ0v) is 21.7. The Bertz CT molecular complexity index is 1200. The lowest BCUT2D eigenvalue weighted by molar-refractivity contribution is 0.452. The Morgan fingerprint density at radius 3 is 0.889 bits per heavy atom. The van der Waals surface area contributed by atoms with E-state index in [-0.39, 0.29) is 11.5 Å². The van der Waals surface area contributed by atoms with E-state index < -0.39 is 15.8 Å². The molecule has 4 heteroatoms. The highest BCUT2D eigenvalue weighted by Crippen LogP contribution is 2.45. The van der Waals surface area contributed by atoms with Crippen LogP contribution in [0.15, 0.2) is 133 Å². The van der Waals surface area contributed by atoms with Crippen molar-refractivity contribution in [2.45, 2.75) is 12.3 Å². The van der Waals surface area contributed by atoms with Crippen LogP contribution in [-0.2, 0) is 12.3 Å². The minimum Gasteiger partial charge on any atom is -0.508 e. The minimum atomic E-state index is -0.721. The maximum Gasteiger partial charge on any atom is 0.119 e. The van der Waals surface area contributed by atoms with Crippen molar-refractivity contribution >= 4 is 37.1 Å². The normalized spacial score (nSPS) is 11.2. The van der Waals surface area contributed by atoms with Crippen LogP contribution in [0, 0.1) is 0 Å². The number of aromatic hydroxyl groups is 2. The Morgan fingerprint density at radius 2 is 0.639 bits per heavy atom. The molecule has 0 saturated carbocycles. The second kappa shape index (κ2) is 11.5. The summed E-state index contributed by atoms with van der Waals surface area (Å²) in [6.45, 7) is 0. The van der Waals surface area contributed by atoms with Crippen molar-refractivity contribution in [1.29, 1.82) is 0 Å². The number of hydrogen-bond acceptors (Lipinski definition) is 2. The zero-order valence-electron chi connectivity index (χ0n) is 19.9. The molecule has 5 rings (SSSR count). The first kappa shape index (κ1) is 24.3. The summed E-state index contributed by atoms with van der Waals surface area (Å²) in [5, 5.41) is 27.2. The smallest absolute Gasteiger partial charge is 0.119 e. The molecule has 0 aliphatic carbocycles. The topological polar surface area (TPSA) is 40.5 Å². The van der Waals surface area contributed by atoms with Crippen LogP contribution in [0.4, 0.5) is 0 Å². The summed E-state index contributed by atoms with van der Waals surface area (Å²) in [4.78, 5) is 0. The van der Waals surface area contributed by atoms with Gasteiger partial charge in [0.1, 0.15) is 11.5 Å². The molecule has 0 aromatic heterocycles. The van der Waals surface area contributed by atoms with Gasteiger partial charge in [-0.3, -0.25) is 0 Å². The molecule has 0 amide bonds. The summed E-state index contributed by atoms with van der Waals surface area (Å²) in [7, 11) is -1.44. The lowest BCUT2D eigenvalue weighted by Crippen LogP contribution is -2.13. The minimum absolute atomic E-state index is 0.248. The third-order valence-electron chi connectivity index (χ3n) is 6.21. The molecular weight excluding hydrogens is 478 g/mol. The SMILES string of the molecule is Oc1cc(CP(c2ccccc2)c2ccccc2)c(O)cc1CP(c1ccccc1)c1ccccc1. The van der Waals surface area contributed by atoms with Crippen molar-refractivity contribution in [3.05, 3.63) is 145 Å². The molecule has 5 aromatic rings. The Morgan fingerprint density at radius 1 is 0.389 bits per heavy atom. The molecule has 36 heavy (non-hydrogen) atoms. The van der Waals surface area contributed by atoms with Crippen LogP contribution in [0.1, 0.15) is 11.1 Å². The molecule has 0 bridgehead atoms. The molecule has 0 radical (unpaired) electrons. The first-order valence-corrected chi connectivity index (χ1v) is 15.0. The van der Waals surface area contributed by atoms with Crippen molar-refractivity contribution in [1.82, 2.24) is 0 Å². The van der Waals surface area contributed by atoms with E-state index in [1.54, 1.807) is 12.1 Å². The largest absolute Gasteiger partial charge is 0.508 e. The van der Waals surface area contributed by atoms with E-state index in [0.717, 1.165) is 11.1 Å². The van der Waals surface area contributed by atoms with E-state index in [2.05, 4.69) is 97.1 Å². The standard InChI is InChI=1S/C32H28O2P2/c33-31-22-26(24-36(29-17-9-3-10-18-29)30-19-11-4-12-20-30)32(34)21-25(31)23-35(27-13-5-1-6-14-27)28-15-7-2-8-16-28/h1-22,33-34H,23-24H2. The van der Waals surface area contributed by atoms with Crippen molar-refractivity contribution in [3.63, 3.8) is 0 Å². The lowest BCUT2D eigenvalue weighted by Gasteiger charge is -2.22. The molecule has 0 saturated heterocycles. The zero-order chi connectivity index (χ0) is 24.7. The summed E-state index contributed by atoms with van der Waals surface area (Å²) < 4.78 is 0. The Labute approximate surface area is 215 Å². The van der Waals surface area contributed by atoms with Crippen molar-refractivity contribution in [3.8, 4) is 11.5 Å². The molecular formula is C32H28O2P2. The van der Waals surface area contributed by atoms with E-state index in [1.165, 1.54) is 21.2 Å². The van der Waals surface area contributed by atoms with Gasteiger partial charge < -0.3 is 10.2 Å². The molecule has 0 heterocycles. The quantitative estimate of drug-likeness (QED) is 0.190. The first-order valence-electron chi connectivity index (χ1n) is 12.0. The van der Waals surface area contributed by atoms with Gasteiger partial charge in [-0.2, -0.15) is 0 Å². The number of phenols is 2. The van der Waals surface area contributed by atoms with Crippen LogP contribution in [0.3, 0.4) is 0 Å². The van der Waals surface area contributed by atoms with Crippen LogP contribution in [-0.4, -0.2) is 10.2 Å². The average Bonchev–Trinajstić information content (AvgIpc) is 2.94. The summed E-state index contributed by atoms with van der Waals surface area (Å²) in [6.07, 6.45) is 1.32. The molecule has 5 aromatic carbocycles. The van der Waals surface area contributed by atoms with Gasteiger partial charge in [-0.25, -0.2) is 0 Å². The van der Waals surface area contributed by atoms with Crippen LogP contribution in [0.5, 0.6) is 11.5 Å². The molecule has 0 aliphatic heterocycles. The second-order valence-electron chi connectivity index (χ2n) is 8.62. The molecule has 0 aliphatic rings. The van der Waals surface area contributed by atoms with E-state index in [0.29, 0.717) is 12.3 Å². The van der Waals surface area contributed by atoms with Gasteiger partial charge in [-0.15, -0.1) is 0 Å². The Kier molecular flexibility index (Phi) is 7.77. The van der Waals surface area contributed by atoms with Gasteiger partial charge >= 0.3 is 0 Å². The summed E-state index contributed by atoms with van der Waals surface area (Å²) in [6, 6.07) is 45.3. The van der Waals surface area contributed by atoms with E-state index in [1.807, 2.05) is 24.3 Å². The van der Waals surface area contributed by atoms with Gasteiger partial charge in [0.2, 0.25) is 0 Å². The van der Waals surface area contributed by atoms with E-state index in [9.17, 15) is 10.2 Å². The van der Waals surface area contributed by atoms with E-state index in [4.69, 9.17) is 0 Å². The fraction of sp³-hybridized carbons (Fsp3) is 0.0625. The first-order chi connectivity index (χ1) is 17.7. The van der Waals surface area contributed by atoms with Crippen molar-refractivity contribution in [2.24, 2.45) is 0 Å². The number of hydrogen-bond donors (Lipinski definition) is 2. The van der Waals surface area contributed by atoms with E-state index >= 15 is 0 Å². The van der Waals surface area contributed by atoms with Crippen molar-refractivity contribution < 1.29 is 10.2 Å². The third kappa shape index (κ3) is 5.68. The highest BCUT2D eigenvalue weighted by Gasteiger charge is 2.20. The van der Waals surface area contributed by atoms with Crippen LogP contribution >= 0.6 is 15.8 Å². The predicted molar refractivity (Wildman–Crippen MR) is 155 cm³/mol. The monoisotopic (exact) mass is 506 g/mol. The Hall–Kier alpha value is -3.44. The number of benzene rings is 5. The summed E-state index contributed by atoms with van der Waals surface area (Å²) in [5.74, 6) is 0.497. The molecule has 0 atom stereocenters. The van der Waals surface area contributed by atoms with Crippen LogP contribution in [0.25, 0.3) is 0 Å². The third-order valence-corrected chi connectivity index (χ3v) is 11.2. The average molecular weight is 507 g/mol. The maximum atomic E-state index is 11.1. The predicted octanol–water partition coefficient (Wildman–Crippen LogP) is 6.36. The fourth-order valence-electron chi connectivity index (χ4n) is 4.35. The molecule has 0 unspecified atom stereocenters. The van der Waals surface area contributed by atoms with Crippen molar-refractivity contribution in [2.75, 3.05) is 0 Å². The molecule has 178 valence electrons. The van der Waals surface area contributed by atoms with Gasteiger partial charge in [0.25, 0.3) is 0 Å². The maximum absolute atomic E-state index is 11.1. The second-order valence-corrected chi connectivity index (χ2v) is 13.0.